The number of likely N-dealkylation sites (N-methyl/N-ethyl adjacent to an activating group) is 1. The minimum absolute atomic E-state index is 0.288. The summed E-state index contributed by atoms with van der Waals surface area (Å²) in [6.45, 7) is 3.55. The van der Waals surface area contributed by atoms with Crippen LogP contribution >= 0.6 is 0 Å². The summed E-state index contributed by atoms with van der Waals surface area (Å²) in [5.74, 6) is 0. The third kappa shape index (κ3) is 2.74. The first-order chi connectivity index (χ1) is 9.76. The lowest BCUT2D eigenvalue weighted by atomic mass is 9.98. The number of ether oxygens (including phenoxy) is 1. The van der Waals surface area contributed by atoms with Gasteiger partial charge >= 0.3 is 0 Å². The average molecular weight is 268 g/mol. The molecule has 1 aliphatic rings. The molecule has 0 saturated heterocycles. The Kier molecular flexibility index (Phi) is 3.81. The highest BCUT2D eigenvalue weighted by Crippen LogP contribution is 2.25. The van der Waals surface area contributed by atoms with Crippen molar-refractivity contribution in [3.05, 3.63) is 64.5 Å². The van der Waals surface area contributed by atoms with Gasteiger partial charge in [0.1, 0.15) is 0 Å². The number of aromatic nitrogens is 1. The standard InChI is InChI=1S/C17H20N2O/c1-12-3-6-16(19-9-12)8-17(18-2)13-4-5-14-10-20-11-15(14)7-13/h3-7,9,17-18H,8,10-11H2,1-2H3. The fraction of sp³-hybridized carbons (Fsp3) is 0.353. The number of hydrogen-bond donors (Lipinski definition) is 1. The molecule has 3 nitrogen and oxygen atoms in total. The van der Waals surface area contributed by atoms with Gasteiger partial charge in [-0.05, 0) is 42.3 Å². The van der Waals surface area contributed by atoms with E-state index < -0.39 is 0 Å². The molecule has 0 bridgehead atoms. The summed E-state index contributed by atoms with van der Waals surface area (Å²) in [6, 6.07) is 11.2. The first kappa shape index (κ1) is 13.3. The van der Waals surface area contributed by atoms with Crippen LogP contribution in [0.4, 0.5) is 0 Å². The largest absolute Gasteiger partial charge is 0.372 e. The average Bonchev–Trinajstić information content (AvgIpc) is 2.94. The molecule has 3 rings (SSSR count). The van der Waals surface area contributed by atoms with Crippen molar-refractivity contribution in [3.8, 4) is 0 Å². The molecule has 0 amide bonds. The highest BCUT2D eigenvalue weighted by Gasteiger charge is 2.16. The maximum atomic E-state index is 5.48. The van der Waals surface area contributed by atoms with Gasteiger partial charge in [0, 0.05) is 24.4 Å². The van der Waals surface area contributed by atoms with Crippen LogP contribution in [0.15, 0.2) is 36.5 Å². The predicted molar refractivity (Wildman–Crippen MR) is 79.4 cm³/mol. The van der Waals surface area contributed by atoms with E-state index in [2.05, 4.69) is 47.6 Å². The van der Waals surface area contributed by atoms with Gasteiger partial charge in [-0.3, -0.25) is 4.98 Å². The van der Waals surface area contributed by atoms with Gasteiger partial charge in [-0.25, -0.2) is 0 Å². The molecule has 1 aromatic carbocycles. The van der Waals surface area contributed by atoms with E-state index in [0.29, 0.717) is 0 Å². The SMILES string of the molecule is CNC(Cc1ccc(C)cn1)c1ccc2c(c1)COC2. The van der Waals surface area contributed by atoms with Crippen LogP contribution in [0, 0.1) is 6.92 Å². The monoisotopic (exact) mass is 268 g/mol. The molecule has 20 heavy (non-hydrogen) atoms. The van der Waals surface area contributed by atoms with Crippen molar-refractivity contribution in [2.75, 3.05) is 7.05 Å². The summed E-state index contributed by atoms with van der Waals surface area (Å²) >= 11 is 0. The summed E-state index contributed by atoms with van der Waals surface area (Å²) in [6.07, 6.45) is 2.83. The Balaban J connectivity index is 1.81. The smallest absolute Gasteiger partial charge is 0.0725 e. The Labute approximate surface area is 120 Å². The first-order valence-corrected chi connectivity index (χ1v) is 7.04. The third-order valence-electron chi connectivity index (χ3n) is 3.88. The van der Waals surface area contributed by atoms with Gasteiger partial charge in [0.2, 0.25) is 0 Å². The van der Waals surface area contributed by atoms with Crippen molar-refractivity contribution in [1.82, 2.24) is 10.3 Å². The van der Waals surface area contributed by atoms with Crippen LogP contribution in [-0.2, 0) is 24.4 Å². The zero-order valence-corrected chi connectivity index (χ0v) is 12.0. The molecule has 1 aromatic heterocycles. The minimum atomic E-state index is 0.288. The number of pyridine rings is 1. The van der Waals surface area contributed by atoms with E-state index in [-0.39, 0.29) is 6.04 Å². The number of hydrogen-bond acceptors (Lipinski definition) is 3. The molecule has 1 unspecified atom stereocenters. The lowest BCUT2D eigenvalue weighted by molar-refractivity contribution is 0.134. The first-order valence-electron chi connectivity index (χ1n) is 7.04. The van der Waals surface area contributed by atoms with E-state index in [9.17, 15) is 0 Å². The number of aryl methyl sites for hydroxylation is 1. The highest BCUT2D eigenvalue weighted by molar-refractivity contribution is 5.35. The Hall–Kier alpha value is -1.71. The molecule has 0 spiro atoms. The van der Waals surface area contributed by atoms with Crippen LogP contribution in [-0.4, -0.2) is 12.0 Å². The maximum absolute atomic E-state index is 5.48. The molecule has 0 aliphatic carbocycles. The second kappa shape index (κ2) is 5.73. The van der Waals surface area contributed by atoms with E-state index in [1.165, 1.54) is 22.3 Å². The third-order valence-corrected chi connectivity index (χ3v) is 3.88. The Morgan fingerprint density at radius 1 is 1.20 bits per heavy atom. The number of fused-ring (bicyclic) bond motifs is 1. The zero-order valence-electron chi connectivity index (χ0n) is 12.0. The number of rotatable bonds is 4. The molecule has 0 fully saturated rings. The minimum Gasteiger partial charge on any atom is -0.372 e. The maximum Gasteiger partial charge on any atom is 0.0725 e. The molecule has 1 atom stereocenters. The molecule has 0 radical (unpaired) electrons. The van der Waals surface area contributed by atoms with Gasteiger partial charge < -0.3 is 10.1 Å². The molecule has 3 heteroatoms. The van der Waals surface area contributed by atoms with Crippen LogP contribution in [0.2, 0.25) is 0 Å². The van der Waals surface area contributed by atoms with Crippen molar-refractivity contribution in [3.63, 3.8) is 0 Å². The summed E-state index contributed by atoms with van der Waals surface area (Å²) in [7, 11) is 2.00. The van der Waals surface area contributed by atoms with Crippen molar-refractivity contribution in [2.24, 2.45) is 0 Å². The van der Waals surface area contributed by atoms with Crippen LogP contribution < -0.4 is 5.32 Å². The predicted octanol–water partition coefficient (Wildman–Crippen LogP) is 2.92. The molecule has 104 valence electrons. The molecule has 2 aromatic rings. The van der Waals surface area contributed by atoms with E-state index in [1.54, 1.807) is 0 Å². The Bertz CT molecular complexity index is 592. The van der Waals surface area contributed by atoms with Crippen LogP contribution in [0.5, 0.6) is 0 Å². The zero-order chi connectivity index (χ0) is 13.9. The summed E-state index contributed by atoms with van der Waals surface area (Å²) in [5.41, 5.74) is 6.26. The normalized spacial score (nSPS) is 15.1. The summed E-state index contributed by atoms with van der Waals surface area (Å²) in [5, 5.41) is 3.39. The van der Waals surface area contributed by atoms with Gasteiger partial charge in [0.15, 0.2) is 0 Å². The van der Waals surface area contributed by atoms with E-state index in [4.69, 9.17) is 4.74 Å². The lowest BCUT2D eigenvalue weighted by Gasteiger charge is -2.17. The molecule has 1 aliphatic heterocycles. The Morgan fingerprint density at radius 3 is 2.80 bits per heavy atom. The molecule has 2 heterocycles. The highest BCUT2D eigenvalue weighted by atomic mass is 16.5. The molecule has 0 saturated carbocycles. The fourth-order valence-corrected chi connectivity index (χ4v) is 2.62. The molecule has 1 N–H and O–H groups in total. The van der Waals surface area contributed by atoms with Gasteiger partial charge in [-0.2, -0.15) is 0 Å². The van der Waals surface area contributed by atoms with Crippen LogP contribution in [0.3, 0.4) is 0 Å². The number of benzene rings is 1. The fourth-order valence-electron chi connectivity index (χ4n) is 2.62. The second-order valence-electron chi connectivity index (χ2n) is 5.39. The van der Waals surface area contributed by atoms with Gasteiger partial charge in [0.25, 0.3) is 0 Å². The van der Waals surface area contributed by atoms with Gasteiger partial charge in [0.05, 0.1) is 13.2 Å². The summed E-state index contributed by atoms with van der Waals surface area (Å²) < 4.78 is 5.48. The quantitative estimate of drug-likeness (QED) is 0.925. The van der Waals surface area contributed by atoms with Crippen molar-refractivity contribution in [2.45, 2.75) is 32.6 Å². The molecular formula is C17H20N2O. The topological polar surface area (TPSA) is 34.2 Å². The van der Waals surface area contributed by atoms with E-state index in [1.807, 2.05) is 13.2 Å². The lowest BCUT2D eigenvalue weighted by Crippen LogP contribution is -2.19. The second-order valence-corrected chi connectivity index (χ2v) is 5.39. The van der Waals surface area contributed by atoms with Crippen molar-refractivity contribution >= 4 is 0 Å². The van der Waals surface area contributed by atoms with Crippen molar-refractivity contribution < 1.29 is 4.74 Å². The Morgan fingerprint density at radius 2 is 2.05 bits per heavy atom. The van der Waals surface area contributed by atoms with Crippen LogP contribution in [0.25, 0.3) is 0 Å². The van der Waals surface area contributed by atoms with Crippen LogP contribution in [0.1, 0.15) is 34.0 Å². The van der Waals surface area contributed by atoms with Gasteiger partial charge in [-0.15, -0.1) is 0 Å². The summed E-state index contributed by atoms with van der Waals surface area (Å²) in [4.78, 5) is 4.50. The van der Waals surface area contributed by atoms with E-state index in [0.717, 1.165) is 25.3 Å². The number of nitrogens with zero attached hydrogens (tertiary/aromatic N) is 1. The van der Waals surface area contributed by atoms with Gasteiger partial charge in [-0.1, -0.05) is 24.3 Å². The molecular weight excluding hydrogens is 248 g/mol. The van der Waals surface area contributed by atoms with Crippen molar-refractivity contribution in [1.29, 1.82) is 0 Å². The number of nitrogens with one attached hydrogen (secondary N) is 1. The van der Waals surface area contributed by atoms with E-state index >= 15 is 0 Å².